The van der Waals surface area contributed by atoms with Gasteiger partial charge in [0.1, 0.15) is 0 Å². The Morgan fingerprint density at radius 1 is 1.38 bits per heavy atom. The number of halogens is 1. The number of nitro benzene ring substituents is 1. The molecule has 0 spiro atoms. The van der Waals surface area contributed by atoms with E-state index in [1.165, 1.54) is 12.1 Å². The molecular weight excluding hydrogens is 276 g/mol. The van der Waals surface area contributed by atoms with E-state index in [1.807, 2.05) is 0 Å². The summed E-state index contributed by atoms with van der Waals surface area (Å²) in [6.07, 6.45) is 1.76. The van der Waals surface area contributed by atoms with Gasteiger partial charge in [0.15, 0.2) is 0 Å². The maximum atomic E-state index is 10.5. The van der Waals surface area contributed by atoms with Gasteiger partial charge in [-0.15, -0.1) is 5.10 Å². The fraction of sp³-hybridized carbons (Fsp3) is 0.111. The number of hydrogen-bond acceptors (Lipinski definition) is 4. The van der Waals surface area contributed by atoms with Crippen LogP contribution in [0.5, 0.6) is 0 Å². The van der Waals surface area contributed by atoms with Crippen molar-refractivity contribution >= 4 is 21.6 Å². The van der Waals surface area contributed by atoms with E-state index in [-0.39, 0.29) is 5.69 Å². The van der Waals surface area contributed by atoms with Crippen LogP contribution in [-0.4, -0.2) is 19.9 Å². The lowest BCUT2D eigenvalue weighted by molar-refractivity contribution is -0.384. The Labute approximate surface area is 99.2 Å². The van der Waals surface area contributed by atoms with Gasteiger partial charge in [0.2, 0.25) is 0 Å². The largest absolute Gasteiger partial charge is 0.269 e. The summed E-state index contributed by atoms with van der Waals surface area (Å²) < 4.78 is 1.57. The van der Waals surface area contributed by atoms with Gasteiger partial charge in [-0.05, 0) is 12.1 Å². The molecule has 7 heteroatoms. The Bertz CT molecular complexity index is 508. The zero-order chi connectivity index (χ0) is 11.5. The Morgan fingerprint density at radius 3 is 2.56 bits per heavy atom. The summed E-state index contributed by atoms with van der Waals surface area (Å²) in [6.45, 7) is 0. The van der Waals surface area contributed by atoms with E-state index in [2.05, 4.69) is 26.2 Å². The Balaban J connectivity index is 2.30. The smallest absolute Gasteiger partial charge is 0.258 e. The van der Waals surface area contributed by atoms with E-state index in [0.29, 0.717) is 5.33 Å². The Morgan fingerprint density at radius 2 is 2.06 bits per heavy atom. The van der Waals surface area contributed by atoms with Crippen molar-refractivity contribution in [3.63, 3.8) is 0 Å². The molecule has 0 saturated heterocycles. The third kappa shape index (κ3) is 2.08. The van der Waals surface area contributed by atoms with E-state index < -0.39 is 4.92 Å². The van der Waals surface area contributed by atoms with Gasteiger partial charge in [-0.3, -0.25) is 10.1 Å². The molecule has 1 heterocycles. The Hall–Kier alpha value is -1.76. The van der Waals surface area contributed by atoms with Gasteiger partial charge in [-0.1, -0.05) is 21.1 Å². The van der Waals surface area contributed by atoms with Crippen LogP contribution >= 0.6 is 15.9 Å². The van der Waals surface area contributed by atoms with E-state index in [0.717, 1.165) is 11.4 Å². The monoisotopic (exact) mass is 282 g/mol. The lowest BCUT2D eigenvalue weighted by Crippen LogP contribution is -1.95. The van der Waals surface area contributed by atoms with Crippen LogP contribution in [-0.2, 0) is 5.33 Å². The van der Waals surface area contributed by atoms with Crippen LogP contribution in [0, 0.1) is 10.1 Å². The van der Waals surface area contributed by atoms with Crippen molar-refractivity contribution in [2.24, 2.45) is 0 Å². The summed E-state index contributed by atoms with van der Waals surface area (Å²) >= 11 is 3.27. The minimum absolute atomic E-state index is 0.0598. The maximum absolute atomic E-state index is 10.5. The van der Waals surface area contributed by atoms with Crippen molar-refractivity contribution in [1.82, 2.24) is 15.0 Å². The fourth-order valence-corrected chi connectivity index (χ4v) is 1.47. The van der Waals surface area contributed by atoms with Crippen molar-refractivity contribution in [3.8, 4) is 5.69 Å². The number of hydrogen-bond donors (Lipinski definition) is 0. The summed E-state index contributed by atoms with van der Waals surface area (Å²) in [5, 5.41) is 18.9. The highest BCUT2D eigenvalue weighted by Crippen LogP contribution is 2.14. The Kier molecular flexibility index (Phi) is 2.95. The molecule has 2 rings (SSSR count). The zero-order valence-electron chi connectivity index (χ0n) is 8.08. The molecule has 6 nitrogen and oxygen atoms in total. The van der Waals surface area contributed by atoms with Gasteiger partial charge in [0.05, 0.1) is 22.5 Å². The lowest BCUT2D eigenvalue weighted by atomic mass is 10.3. The van der Waals surface area contributed by atoms with Gasteiger partial charge in [-0.25, -0.2) is 4.68 Å². The first-order chi connectivity index (χ1) is 7.70. The molecule has 0 aliphatic carbocycles. The molecule has 0 aliphatic rings. The van der Waals surface area contributed by atoms with Gasteiger partial charge in [0, 0.05) is 17.5 Å². The normalized spacial score (nSPS) is 10.3. The molecule has 16 heavy (non-hydrogen) atoms. The second-order valence-electron chi connectivity index (χ2n) is 3.06. The van der Waals surface area contributed by atoms with Gasteiger partial charge in [-0.2, -0.15) is 0 Å². The first kappa shape index (κ1) is 10.7. The average molecular weight is 283 g/mol. The number of alkyl halides is 1. The second-order valence-corrected chi connectivity index (χ2v) is 3.62. The number of non-ortho nitro benzene ring substituents is 1. The van der Waals surface area contributed by atoms with E-state index in [4.69, 9.17) is 0 Å². The molecule has 0 atom stereocenters. The van der Waals surface area contributed by atoms with E-state index in [9.17, 15) is 10.1 Å². The van der Waals surface area contributed by atoms with Crippen molar-refractivity contribution in [2.75, 3.05) is 0 Å². The number of aromatic nitrogens is 3. The third-order valence-corrected chi connectivity index (χ3v) is 2.58. The molecule has 0 aliphatic heterocycles. The number of rotatable bonds is 3. The molecule has 2 aromatic rings. The number of benzene rings is 1. The first-order valence-electron chi connectivity index (χ1n) is 4.43. The van der Waals surface area contributed by atoms with Gasteiger partial charge < -0.3 is 0 Å². The van der Waals surface area contributed by atoms with E-state index >= 15 is 0 Å². The van der Waals surface area contributed by atoms with Crippen LogP contribution in [0.15, 0.2) is 30.5 Å². The molecule has 0 unspecified atom stereocenters. The predicted octanol–water partition coefficient (Wildman–Crippen LogP) is 2.07. The molecule has 82 valence electrons. The molecule has 1 aromatic carbocycles. The summed E-state index contributed by atoms with van der Waals surface area (Å²) in [5.74, 6) is 0. The predicted molar refractivity (Wildman–Crippen MR) is 60.6 cm³/mol. The molecular formula is C9H7BrN4O2. The lowest BCUT2D eigenvalue weighted by Gasteiger charge is -1.98. The highest BCUT2D eigenvalue weighted by molar-refractivity contribution is 9.08. The molecule has 0 bridgehead atoms. The van der Waals surface area contributed by atoms with Crippen LogP contribution in [0.25, 0.3) is 5.69 Å². The molecule has 0 saturated carbocycles. The fourth-order valence-electron chi connectivity index (χ4n) is 1.21. The van der Waals surface area contributed by atoms with Crippen molar-refractivity contribution in [2.45, 2.75) is 5.33 Å². The molecule has 0 amide bonds. The van der Waals surface area contributed by atoms with Crippen molar-refractivity contribution < 1.29 is 4.92 Å². The van der Waals surface area contributed by atoms with Crippen LogP contribution in [0.1, 0.15) is 5.69 Å². The second kappa shape index (κ2) is 4.40. The van der Waals surface area contributed by atoms with Crippen LogP contribution < -0.4 is 0 Å². The topological polar surface area (TPSA) is 73.8 Å². The minimum Gasteiger partial charge on any atom is -0.258 e. The zero-order valence-corrected chi connectivity index (χ0v) is 9.66. The van der Waals surface area contributed by atoms with Crippen molar-refractivity contribution in [1.29, 1.82) is 0 Å². The molecule has 1 aromatic heterocycles. The minimum atomic E-state index is -0.435. The SMILES string of the molecule is O=[N+]([O-])c1ccc(-n2cc(CBr)nn2)cc1. The van der Waals surface area contributed by atoms with Crippen LogP contribution in [0.4, 0.5) is 5.69 Å². The summed E-state index contributed by atoms with van der Waals surface area (Å²) in [7, 11) is 0. The summed E-state index contributed by atoms with van der Waals surface area (Å²) in [6, 6.07) is 6.13. The molecule has 0 fully saturated rings. The number of nitrogens with zero attached hydrogens (tertiary/aromatic N) is 4. The standard InChI is InChI=1S/C9H7BrN4O2/c10-5-7-6-13(12-11-7)8-1-3-9(4-2-8)14(15)16/h1-4,6H,5H2. The quantitative estimate of drug-likeness (QED) is 0.491. The average Bonchev–Trinajstić information content (AvgIpc) is 2.77. The summed E-state index contributed by atoms with van der Waals surface area (Å²) in [4.78, 5) is 10.0. The van der Waals surface area contributed by atoms with Crippen LogP contribution in [0.3, 0.4) is 0 Å². The molecule has 0 N–H and O–H groups in total. The van der Waals surface area contributed by atoms with Crippen molar-refractivity contribution in [3.05, 3.63) is 46.3 Å². The summed E-state index contributed by atoms with van der Waals surface area (Å²) in [5.41, 5.74) is 1.60. The number of nitro groups is 1. The van der Waals surface area contributed by atoms with E-state index in [1.54, 1.807) is 23.0 Å². The van der Waals surface area contributed by atoms with Crippen LogP contribution in [0.2, 0.25) is 0 Å². The first-order valence-corrected chi connectivity index (χ1v) is 5.55. The highest BCUT2D eigenvalue weighted by Gasteiger charge is 2.06. The maximum Gasteiger partial charge on any atom is 0.269 e. The highest BCUT2D eigenvalue weighted by atomic mass is 79.9. The molecule has 0 radical (unpaired) electrons. The van der Waals surface area contributed by atoms with Gasteiger partial charge >= 0.3 is 0 Å². The third-order valence-electron chi connectivity index (χ3n) is 2.00. The van der Waals surface area contributed by atoms with Gasteiger partial charge in [0.25, 0.3) is 5.69 Å².